The van der Waals surface area contributed by atoms with E-state index in [1.165, 1.54) is 12.8 Å². The molecule has 6 heteroatoms. The first-order chi connectivity index (χ1) is 10.7. The second kappa shape index (κ2) is 9.06. The first kappa shape index (κ1) is 17.2. The smallest absolute Gasteiger partial charge is 0.307 e. The van der Waals surface area contributed by atoms with Gasteiger partial charge in [-0.05, 0) is 30.7 Å². The van der Waals surface area contributed by atoms with Gasteiger partial charge in [0.05, 0.1) is 6.54 Å². The van der Waals surface area contributed by atoms with Crippen LogP contribution in [0.3, 0.4) is 0 Å². The molecule has 0 saturated carbocycles. The van der Waals surface area contributed by atoms with E-state index in [4.69, 9.17) is 11.6 Å². The third-order valence-corrected chi connectivity index (χ3v) is 4.62. The van der Waals surface area contributed by atoms with Crippen molar-refractivity contribution in [1.82, 2.24) is 4.90 Å². The van der Waals surface area contributed by atoms with Crippen molar-refractivity contribution < 1.29 is 4.79 Å². The lowest BCUT2D eigenvalue weighted by molar-refractivity contribution is 0.233. The maximum atomic E-state index is 12.5. The Bertz CT molecular complexity index is 519. The van der Waals surface area contributed by atoms with Crippen molar-refractivity contribution in [2.24, 2.45) is 4.99 Å². The summed E-state index contributed by atoms with van der Waals surface area (Å²) in [7, 11) is 0. The van der Waals surface area contributed by atoms with Gasteiger partial charge in [-0.25, -0.2) is 4.79 Å². The minimum Gasteiger partial charge on any atom is -0.307 e. The summed E-state index contributed by atoms with van der Waals surface area (Å²) in [6.45, 7) is 3.69. The van der Waals surface area contributed by atoms with Gasteiger partial charge in [0.25, 0.3) is 0 Å². The lowest BCUT2D eigenvalue weighted by Crippen LogP contribution is -2.38. The van der Waals surface area contributed by atoms with E-state index in [1.54, 1.807) is 40.9 Å². The number of rotatable bonds is 6. The number of urea groups is 1. The van der Waals surface area contributed by atoms with Crippen LogP contribution < -0.4 is 5.32 Å². The molecular weight excluding hydrogens is 318 g/mol. The Morgan fingerprint density at radius 1 is 1.32 bits per heavy atom. The monoisotopic (exact) mass is 339 g/mol. The van der Waals surface area contributed by atoms with Crippen LogP contribution in [0, 0.1) is 0 Å². The summed E-state index contributed by atoms with van der Waals surface area (Å²) in [5.41, 5.74) is 0.747. The van der Waals surface area contributed by atoms with Crippen molar-refractivity contribution in [3.63, 3.8) is 0 Å². The molecular formula is C16H22ClN3OS. The second-order valence-corrected chi connectivity index (χ2v) is 6.66. The first-order valence-corrected chi connectivity index (χ1v) is 9.08. The minimum absolute atomic E-state index is 0.119. The van der Waals surface area contributed by atoms with Gasteiger partial charge >= 0.3 is 6.03 Å². The molecule has 0 aromatic heterocycles. The topological polar surface area (TPSA) is 44.7 Å². The molecule has 0 fully saturated rings. The molecule has 1 aliphatic rings. The Labute approximate surface area is 141 Å². The van der Waals surface area contributed by atoms with Crippen LogP contribution in [-0.4, -0.2) is 34.9 Å². The Hall–Kier alpha value is -1.20. The number of unbranched alkanes of at least 4 members (excludes halogenated alkanes) is 3. The summed E-state index contributed by atoms with van der Waals surface area (Å²) >= 11 is 7.52. The number of halogens is 1. The molecule has 1 aromatic rings. The number of nitrogens with zero attached hydrogens (tertiary/aromatic N) is 2. The molecule has 0 atom stereocenters. The number of aliphatic imine (C=N–C) groups is 1. The number of amides is 2. The molecule has 0 unspecified atom stereocenters. The van der Waals surface area contributed by atoms with E-state index in [0.717, 1.165) is 36.0 Å². The van der Waals surface area contributed by atoms with E-state index in [9.17, 15) is 4.79 Å². The maximum absolute atomic E-state index is 12.5. The van der Waals surface area contributed by atoms with Gasteiger partial charge in [-0.15, -0.1) is 0 Å². The maximum Gasteiger partial charge on any atom is 0.327 e. The van der Waals surface area contributed by atoms with Gasteiger partial charge in [-0.2, -0.15) is 0 Å². The van der Waals surface area contributed by atoms with E-state index in [-0.39, 0.29) is 6.03 Å². The zero-order chi connectivity index (χ0) is 15.8. The van der Waals surface area contributed by atoms with Crippen LogP contribution >= 0.6 is 23.4 Å². The van der Waals surface area contributed by atoms with Crippen LogP contribution in [0.4, 0.5) is 10.5 Å². The zero-order valence-corrected chi connectivity index (χ0v) is 14.4. The van der Waals surface area contributed by atoms with Gasteiger partial charge in [0.15, 0.2) is 5.17 Å². The van der Waals surface area contributed by atoms with Gasteiger partial charge in [0.1, 0.15) is 0 Å². The third-order valence-electron chi connectivity index (χ3n) is 3.38. The molecule has 0 aliphatic carbocycles. The van der Waals surface area contributed by atoms with Crippen LogP contribution in [-0.2, 0) is 0 Å². The fraction of sp³-hybridized carbons (Fsp3) is 0.500. The predicted octanol–water partition coefficient (Wildman–Crippen LogP) is 4.86. The van der Waals surface area contributed by atoms with Crippen molar-refractivity contribution in [3.8, 4) is 0 Å². The number of benzene rings is 1. The molecule has 120 valence electrons. The van der Waals surface area contributed by atoms with Crippen molar-refractivity contribution >= 4 is 40.2 Å². The Morgan fingerprint density at radius 2 is 2.09 bits per heavy atom. The van der Waals surface area contributed by atoms with Gasteiger partial charge in [-0.3, -0.25) is 9.89 Å². The molecule has 22 heavy (non-hydrogen) atoms. The van der Waals surface area contributed by atoms with Crippen molar-refractivity contribution in [3.05, 3.63) is 29.3 Å². The average Bonchev–Trinajstić information content (AvgIpc) is 3.03. The van der Waals surface area contributed by atoms with Crippen LogP contribution in [0.15, 0.2) is 29.3 Å². The summed E-state index contributed by atoms with van der Waals surface area (Å²) in [4.78, 5) is 18.7. The van der Waals surface area contributed by atoms with E-state index in [0.29, 0.717) is 11.6 Å². The number of nitrogens with one attached hydrogen (secondary N) is 1. The van der Waals surface area contributed by atoms with Crippen molar-refractivity contribution in [2.75, 3.05) is 24.2 Å². The van der Waals surface area contributed by atoms with Crippen LogP contribution in [0.5, 0.6) is 0 Å². The highest BCUT2D eigenvalue weighted by atomic mass is 35.5. The molecule has 4 nitrogen and oxygen atoms in total. The molecule has 1 aromatic carbocycles. The summed E-state index contributed by atoms with van der Waals surface area (Å²) in [6, 6.07) is 7.03. The molecule has 1 heterocycles. The van der Waals surface area contributed by atoms with Crippen LogP contribution in [0.25, 0.3) is 0 Å². The number of thioether (sulfide) groups is 1. The summed E-state index contributed by atoms with van der Waals surface area (Å²) in [5, 5.41) is 4.41. The van der Waals surface area contributed by atoms with Crippen molar-refractivity contribution in [2.45, 2.75) is 32.6 Å². The second-order valence-electron chi connectivity index (χ2n) is 5.16. The lowest BCUT2D eigenvalue weighted by Gasteiger charge is -2.22. The predicted molar refractivity (Wildman–Crippen MR) is 96.1 cm³/mol. The Balaban J connectivity index is 1.96. The number of carbonyl (C=O) groups excluding carboxylic acids is 1. The summed E-state index contributed by atoms with van der Waals surface area (Å²) in [6.07, 6.45) is 4.53. The van der Waals surface area contributed by atoms with E-state index in [2.05, 4.69) is 17.2 Å². The Morgan fingerprint density at radius 3 is 2.73 bits per heavy atom. The standard InChI is InChI=1S/C16H22ClN3OS/c1-2-3-4-5-11-20(16-18-10-12-22-16)15(21)19-14-8-6-13(17)7-9-14/h6-9H,2-5,10-12H2,1H3,(H,19,21). The van der Waals surface area contributed by atoms with Crippen LogP contribution in [0.1, 0.15) is 32.6 Å². The van der Waals surface area contributed by atoms with Crippen LogP contribution in [0.2, 0.25) is 5.02 Å². The number of anilines is 1. The van der Waals surface area contributed by atoms with Gasteiger partial charge in [-0.1, -0.05) is 49.5 Å². The Kier molecular flexibility index (Phi) is 7.06. The van der Waals surface area contributed by atoms with E-state index >= 15 is 0 Å². The molecule has 1 N–H and O–H groups in total. The first-order valence-electron chi connectivity index (χ1n) is 7.72. The summed E-state index contributed by atoms with van der Waals surface area (Å²) < 4.78 is 0. The number of hydrogen-bond acceptors (Lipinski definition) is 3. The number of hydrogen-bond donors (Lipinski definition) is 1. The SMILES string of the molecule is CCCCCCN(C(=O)Nc1ccc(Cl)cc1)C1=NCCS1. The zero-order valence-electron chi connectivity index (χ0n) is 12.8. The highest BCUT2D eigenvalue weighted by molar-refractivity contribution is 8.14. The molecule has 1 aliphatic heterocycles. The normalized spacial score (nSPS) is 13.8. The molecule has 2 amide bonds. The highest BCUT2D eigenvalue weighted by Gasteiger charge is 2.22. The molecule has 0 bridgehead atoms. The molecule has 0 saturated heterocycles. The number of carbonyl (C=O) groups is 1. The third kappa shape index (κ3) is 5.21. The number of amidine groups is 1. The van der Waals surface area contributed by atoms with Gasteiger partial charge < -0.3 is 5.32 Å². The highest BCUT2D eigenvalue weighted by Crippen LogP contribution is 2.19. The van der Waals surface area contributed by atoms with Gasteiger partial charge in [0, 0.05) is 23.0 Å². The average molecular weight is 340 g/mol. The fourth-order valence-corrected chi connectivity index (χ4v) is 3.20. The van der Waals surface area contributed by atoms with E-state index in [1.807, 2.05) is 0 Å². The quantitative estimate of drug-likeness (QED) is 0.752. The molecule has 2 rings (SSSR count). The lowest BCUT2D eigenvalue weighted by atomic mass is 10.2. The molecule has 0 radical (unpaired) electrons. The largest absolute Gasteiger partial charge is 0.327 e. The van der Waals surface area contributed by atoms with Gasteiger partial charge in [0.2, 0.25) is 0 Å². The minimum atomic E-state index is -0.119. The van der Waals surface area contributed by atoms with Crippen molar-refractivity contribution in [1.29, 1.82) is 0 Å². The fourth-order valence-electron chi connectivity index (χ4n) is 2.19. The molecule has 0 spiro atoms. The van der Waals surface area contributed by atoms with E-state index < -0.39 is 0 Å². The summed E-state index contributed by atoms with van der Waals surface area (Å²) in [5.74, 6) is 0.953.